The molecule has 0 saturated heterocycles. The number of phenolic OH excluding ortho intramolecular Hbond substituents is 1. The standard InChI is InChI=1S/C28H36O2/c1-5-28(6-2,25-13-14-26(29)22(4)20-25)24-12-11-23(21(3)19-24)15-18-27(30)16-9-7-8-10-17-27/h11-14,19-20,29-30H,5-10,16-17H2,1-4H3. The van der Waals surface area contributed by atoms with Gasteiger partial charge in [-0.2, -0.15) is 0 Å². The van der Waals surface area contributed by atoms with E-state index in [2.05, 4.69) is 62.9 Å². The first-order valence-corrected chi connectivity index (χ1v) is 11.5. The van der Waals surface area contributed by atoms with Crippen molar-refractivity contribution >= 4 is 0 Å². The fourth-order valence-corrected chi connectivity index (χ4v) is 4.91. The molecule has 1 fully saturated rings. The van der Waals surface area contributed by atoms with Crippen molar-refractivity contribution in [3.05, 3.63) is 64.2 Å². The lowest BCUT2D eigenvalue weighted by Gasteiger charge is -2.34. The summed E-state index contributed by atoms with van der Waals surface area (Å²) in [5.41, 5.74) is 4.67. The number of aryl methyl sites for hydroxylation is 2. The molecule has 2 N–H and O–H groups in total. The maximum atomic E-state index is 10.9. The summed E-state index contributed by atoms with van der Waals surface area (Å²) in [6.07, 6.45) is 8.05. The minimum atomic E-state index is -0.832. The van der Waals surface area contributed by atoms with Gasteiger partial charge in [0.15, 0.2) is 0 Å². The normalized spacial score (nSPS) is 16.4. The maximum Gasteiger partial charge on any atom is 0.125 e. The van der Waals surface area contributed by atoms with Crippen LogP contribution in [0.25, 0.3) is 0 Å². The van der Waals surface area contributed by atoms with Crippen LogP contribution in [0.15, 0.2) is 36.4 Å². The zero-order valence-electron chi connectivity index (χ0n) is 19.0. The van der Waals surface area contributed by atoms with E-state index in [4.69, 9.17) is 0 Å². The Morgan fingerprint density at radius 3 is 1.97 bits per heavy atom. The molecule has 3 rings (SSSR count). The van der Waals surface area contributed by atoms with E-state index in [9.17, 15) is 10.2 Å². The highest BCUT2D eigenvalue weighted by Gasteiger charge is 2.31. The molecule has 30 heavy (non-hydrogen) atoms. The Morgan fingerprint density at radius 1 is 0.867 bits per heavy atom. The first kappa shape index (κ1) is 22.4. The highest BCUT2D eigenvalue weighted by Crippen LogP contribution is 2.40. The van der Waals surface area contributed by atoms with Gasteiger partial charge in [-0.05, 0) is 86.8 Å². The van der Waals surface area contributed by atoms with Crippen molar-refractivity contribution in [1.82, 2.24) is 0 Å². The van der Waals surface area contributed by atoms with Crippen molar-refractivity contribution < 1.29 is 10.2 Å². The molecule has 2 aromatic carbocycles. The van der Waals surface area contributed by atoms with Gasteiger partial charge in [-0.1, -0.05) is 62.8 Å². The number of aromatic hydroxyl groups is 1. The lowest BCUT2D eigenvalue weighted by molar-refractivity contribution is 0.0849. The molecule has 2 nitrogen and oxygen atoms in total. The van der Waals surface area contributed by atoms with Crippen molar-refractivity contribution in [2.75, 3.05) is 0 Å². The van der Waals surface area contributed by atoms with E-state index in [0.717, 1.165) is 55.2 Å². The largest absolute Gasteiger partial charge is 0.508 e. The van der Waals surface area contributed by atoms with Gasteiger partial charge in [-0.3, -0.25) is 0 Å². The molecule has 2 aromatic rings. The zero-order chi connectivity index (χ0) is 21.8. The summed E-state index contributed by atoms with van der Waals surface area (Å²) >= 11 is 0. The van der Waals surface area contributed by atoms with Crippen LogP contribution in [0.5, 0.6) is 5.75 Å². The third-order valence-electron chi connectivity index (χ3n) is 7.10. The number of hydrogen-bond donors (Lipinski definition) is 2. The summed E-state index contributed by atoms with van der Waals surface area (Å²) < 4.78 is 0. The molecule has 0 heterocycles. The predicted octanol–water partition coefficient (Wildman–Crippen LogP) is 6.55. The van der Waals surface area contributed by atoms with Gasteiger partial charge < -0.3 is 10.2 Å². The fourth-order valence-electron chi connectivity index (χ4n) is 4.91. The third-order valence-corrected chi connectivity index (χ3v) is 7.10. The molecule has 0 radical (unpaired) electrons. The van der Waals surface area contributed by atoms with Gasteiger partial charge in [-0.25, -0.2) is 0 Å². The van der Waals surface area contributed by atoms with E-state index in [0.29, 0.717) is 5.75 Å². The van der Waals surface area contributed by atoms with Gasteiger partial charge in [0, 0.05) is 11.0 Å². The van der Waals surface area contributed by atoms with E-state index in [1.54, 1.807) is 0 Å². The van der Waals surface area contributed by atoms with Crippen LogP contribution in [0.2, 0.25) is 0 Å². The molecule has 1 saturated carbocycles. The van der Waals surface area contributed by atoms with Crippen LogP contribution < -0.4 is 0 Å². The molecular formula is C28H36O2. The maximum absolute atomic E-state index is 10.9. The second-order valence-electron chi connectivity index (χ2n) is 9.02. The van der Waals surface area contributed by atoms with Crippen LogP contribution in [0.1, 0.15) is 93.0 Å². The van der Waals surface area contributed by atoms with E-state index < -0.39 is 5.60 Å². The van der Waals surface area contributed by atoms with Crippen molar-refractivity contribution in [2.24, 2.45) is 0 Å². The average Bonchev–Trinajstić information content (AvgIpc) is 2.96. The molecule has 0 spiro atoms. The molecule has 0 bridgehead atoms. The quantitative estimate of drug-likeness (QED) is 0.448. The second-order valence-corrected chi connectivity index (χ2v) is 9.02. The highest BCUT2D eigenvalue weighted by molar-refractivity contribution is 5.50. The second kappa shape index (κ2) is 9.27. The zero-order valence-corrected chi connectivity index (χ0v) is 19.0. The summed E-state index contributed by atoms with van der Waals surface area (Å²) in [6, 6.07) is 12.6. The molecule has 0 aromatic heterocycles. The first-order valence-electron chi connectivity index (χ1n) is 11.5. The Hall–Kier alpha value is -2.24. The summed E-state index contributed by atoms with van der Waals surface area (Å²) in [7, 11) is 0. The van der Waals surface area contributed by atoms with Crippen molar-refractivity contribution in [3.8, 4) is 17.6 Å². The lowest BCUT2D eigenvalue weighted by Crippen LogP contribution is -2.26. The van der Waals surface area contributed by atoms with Crippen LogP contribution in [0, 0.1) is 25.7 Å². The SMILES string of the molecule is CCC(CC)(c1ccc(O)c(C)c1)c1ccc(C#CC2(O)CCCCCC2)c(C)c1. The smallest absolute Gasteiger partial charge is 0.125 e. The Morgan fingerprint density at radius 2 is 1.43 bits per heavy atom. The lowest BCUT2D eigenvalue weighted by atomic mass is 9.70. The molecule has 160 valence electrons. The topological polar surface area (TPSA) is 40.5 Å². The molecule has 1 aliphatic carbocycles. The summed E-state index contributed by atoms with van der Waals surface area (Å²) in [4.78, 5) is 0. The fraction of sp³-hybridized carbons (Fsp3) is 0.500. The van der Waals surface area contributed by atoms with Crippen LogP contribution in [0.4, 0.5) is 0 Å². The molecule has 1 aliphatic rings. The van der Waals surface area contributed by atoms with Gasteiger partial charge in [0.1, 0.15) is 11.4 Å². The van der Waals surface area contributed by atoms with E-state index >= 15 is 0 Å². The van der Waals surface area contributed by atoms with Gasteiger partial charge >= 0.3 is 0 Å². The summed E-state index contributed by atoms with van der Waals surface area (Å²) in [6.45, 7) is 8.53. The molecule has 2 heteroatoms. The summed E-state index contributed by atoms with van der Waals surface area (Å²) in [5.74, 6) is 6.84. The van der Waals surface area contributed by atoms with E-state index in [-0.39, 0.29) is 5.41 Å². The number of phenols is 1. The van der Waals surface area contributed by atoms with Crippen LogP contribution in [0.3, 0.4) is 0 Å². The predicted molar refractivity (Wildman–Crippen MR) is 125 cm³/mol. The highest BCUT2D eigenvalue weighted by atomic mass is 16.3. The Kier molecular flexibility index (Phi) is 6.94. The van der Waals surface area contributed by atoms with Gasteiger partial charge in [-0.15, -0.1) is 0 Å². The van der Waals surface area contributed by atoms with Crippen LogP contribution in [-0.2, 0) is 5.41 Å². The average molecular weight is 405 g/mol. The minimum absolute atomic E-state index is 0.0886. The molecule has 0 aliphatic heterocycles. The molecule has 0 atom stereocenters. The number of hydrogen-bond acceptors (Lipinski definition) is 2. The molecule has 0 amide bonds. The van der Waals surface area contributed by atoms with E-state index in [1.807, 2.05) is 13.0 Å². The monoisotopic (exact) mass is 404 g/mol. The van der Waals surface area contributed by atoms with Crippen LogP contribution >= 0.6 is 0 Å². The van der Waals surface area contributed by atoms with Crippen molar-refractivity contribution in [2.45, 2.75) is 90.1 Å². The third kappa shape index (κ3) is 4.57. The number of aliphatic hydroxyl groups is 1. The molecule has 0 unspecified atom stereocenters. The van der Waals surface area contributed by atoms with E-state index in [1.165, 1.54) is 24.0 Å². The summed E-state index contributed by atoms with van der Waals surface area (Å²) in [5, 5.41) is 20.8. The van der Waals surface area contributed by atoms with Gasteiger partial charge in [0.05, 0.1) is 0 Å². The van der Waals surface area contributed by atoms with Gasteiger partial charge in [0.2, 0.25) is 0 Å². The molecular weight excluding hydrogens is 368 g/mol. The number of benzene rings is 2. The Labute approximate surface area is 182 Å². The first-order chi connectivity index (χ1) is 14.3. The van der Waals surface area contributed by atoms with Gasteiger partial charge in [0.25, 0.3) is 0 Å². The van der Waals surface area contributed by atoms with Crippen LogP contribution in [-0.4, -0.2) is 15.8 Å². The van der Waals surface area contributed by atoms with Crippen molar-refractivity contribution in [3.63, 3.8) is 0 Å². The van der Waals surface area contributed by atoms with Crippen molar-refractivity contribution in [1.29, 1.82) is 0 Å². The number of rotatable bonds is 4. The Balaban J connectivity index is 1.96. The minimum Gasteiger partial charge on any atom is -0.508 e. The Bertz CT molecular complexity index is 933.